The van der Waals surface area contributed by atoms with Crippen molar-refractivity contribution >= 4 is 16.7 Å². The van der Waals surface area contributed by atoms with Crippen molar-refractivity contribution in [2.75, 3.05) is 7.05 Å². The van der Waals surface area contributed by atoms with Crippen molar-refractivity contribution in [3.05, 3.63) is 47.5 Å². The summed E-state index contributed by atoms with van der Waals surface area (Å²) < 4.78 is 0. The molecule has 0 fully saturated rings. The van der Waals surface area contributed by atoms with Crippen LogP contribution in [0.5, 0.6) is 0 Å². The van der Waals surface area contributed by atoms with Crippen LogP contribution in [-0.2, 0) is 0 Å². The molecular weight excluding hydrogens is 186 g/mol. The summed E-state index contributed by atoms with van der Waals surface area (Å²) >= 11 is 0. The molecule has 2 aromatic carbocycles. The van der Waals surface area contributed by atoms with Crippen LogP contribution in [0.4, 0.5) is 0 Å². The lowest BCUT2D eigenvalue weighted by molar-refractivity contribution is 0.0965. The van der Waals surface area contributed by atoms with E-state index in [1.54, 1.807) is 7.05 Å². The molecule has 1 N–H and O–H groups in total. The molecule has 2 aromatic rings. The molecule has 2 nitrogen and oxygen atoms in total. The van der Waals surface area contributed by atoms with Crippen molar-refractivity contribution < 1.29 is 4.79 Å². The average Bonchev–Trinajstić information content (AvgIpc) is 2.27. The Morgan fingerprint density at radius 2 is 2.00 bits per heavy atom. The van der Waals surface area contributed by atoms with E-state index in [0.717, 1.165) is 16.3 Å². The van der Waals surface area contributed by atoms with Crippen LogP contribution in [-0.4, -0.2) is 13.0 Å². The Balaban J connectivity index is 2.74. The minimum atomic E-state index is -0.0359. The van der Waals surface area contributed by atoms with E-state index in [0.29, 0.717) is 0 Å². The summed E-state index contributed by atoms with van der Waals surface area (Å²) in [7, 11) is 1.65. The first-order valence-electron chi connectivity index (χ1n) is 4.94. The van der Waals surface area contributed by atoms with Crippen molar-refractivity contribution in [1.29, 1.82) is 0 Å². The van der Waals surface area contributed by atoms with Crippen molar-refractivity contribution in [1.82, 2.24) is 5.32 Å². The van der Waals surface area contributed by atoms with Gasteiger partial charge < -0.3 is 5.32 Å². The molecule has 0 aliphatic heterocycles. The highest BCUT2D eigenvalue weighted by Crippen LogP contribution is 2.20. The van der Waals surface area contributed by atoms with Crippen molar-refractivity contribution in [3.63, 3.8) is 0 Å². The van der Waals surface area contributed by atoms with Gasteiger partial charge in [0.05, 0.1) is 0 Å². The second-order valence-electron chi connectivity index (χ2n) is 3.61. The van der Waals surface area contributed by atoms with Crippen LogP contribution in [0.25, 0.3) is 10.8 Å². The van der Waals surface area contributed by atoms with Crippen LogP contribution < -0.4 is 5.32 Å². The summed E-state index contributed by atoms with van der Waals surface area (Å²) in [6.45, 7) is 2.03. The lowest BCUT2D eigenvalue weighted by Gasteiger charge is -2.05. The number of fused-ring (bicyclic) bond motifs is 1. The number of nitrogens with one attached hydrogen (secondary N) is 1. The lowest BCUT2D eigenvalue weighted by Crippen LogP contribution is -2.17. The van der Waals surface area contributed by atoms with E-state index in [1.807, 2.05) is 37.3 Å². The first-order chi connectivity index (χ1) is 7.22. The molecule has 0 saturated heterocycles. The number of hydrogen-bond donors (Lipinski definition) is 1. The number of carbonyl (C=O) groups is 1. The Labute approximate surface area is 88.9 Å². The third-order valence-corrected chi connectivity index (χ3v) is 2.51. The fourth-order valence-corrected chi connectivity index (χ4v) is 1.72. The van der Waals surface area contributed by atoms with Gasteiger partial charge in [-0.05, 0) is 23.8 Å². The molecule has 0 atom stereocenters. The molecule has 0 unspecified atom stereocenters. The van der Waals surface area contributed by atoms with Crippen LogP contribution in [0.3, 0.4) is 0 Å². The van der Waals surface area contributed by atoms with Crippen LogP contribution in [0, 0.1) is 6.92 Å². The van der Waals surface area contributed by atoms with E-state index in [9.17, 15) is 4.79 Å². The Bertz CT molecular complexity index is 517. The second kappa shape index (κ2) is 3.73. The zero-order valence-corrected chi connectivity index (χ0v) is 8.87. The molecule has 0 spiro atoms. The topological polar surface area (TPSA) is 29.1 Å². The first-order valence-corrected chi connectivity index (χ1v) is 4.94. The third-order valence-electron chi connectivity index (χ3n) is 2.51. The first kappa shape index (κ1) is 9.71. The summed E-state index contributed by atoms with van der Waals surface area (Å²) in [6, 6.07) is 11.9. The van der Waals surface area contributed by atoms with Crippen LogP contribution in [0.1, 0.15) is 15.9 Å². The maximum Gasteiger partial charge on any atom is 0.251 e. The maximum absolute atomic E-state index is 11.6. The van der Waals surface area contributed by atoms with Crippen molar-refractivity contribution in [3.8, 4) is 0 Å². The molecule has 0 heterocycles. The van der Waals surface area contributed by atoms with E-state index in [-0.39, 0.29) is 5.91 Å². The van der Waals surface area contributed by atoms with Gasteiger partial charge in [-0.2, -0.15) is 0 Å². The van der Waals surface area contributed by atoms with Gasteiger partial charge in [0.25, 0.3) is 5.91 Å². The van der Waals surface area contributed by atoms with Gasteiger partial charge in [-0.15, -0.1) is 0 Å². The van der Waals surface area contributed by atoms with Crippen LogP contribution in [0.2, 0.25) is 0 Å². The van der Waals surface area contributed by atoms with Crippen molar-refractivity contribution in [2.24, 2.45) is 0 Å². The number of amides is 1. The number of rotatable bonds is 1. The minimum absolute atomic E-state index is 0.0359. The predicted molar refractivity (Wildman–Crippen MR) is 62.1 cm³/mol. The molecule has 15 heavy (non-hydrogen) atoms. The van der Waals surface area contributed by atoms with Crippen molar-refractivity contribution in [2.45, 2.75) is 6.92 Å². The summed E-state index contributed by atoms with van der Waals surface area (Å²) in [5.41, 5.74) is 1.90. The Morgan fingerprint density at radius 3 is 2.73 bits per heavy atom. The molecule has 2 rings (SSSR count). The number of benzene rings is 2. The normalized spacial score (nSPS) is 10.3. The molecule has 2 heteroatoms. The summed E-state index contributed by atoms with van der Waals surface area (Å²) in [5, 5.41) is 4.76. The predicted octanol–water partition coefficient (Wildman–Crippen LogP) is 2.51. The SMILES string of the molecule is CNC(=O)c1cccc2ccc(C)cc12. The highest BCUT2D eigenvalue weighted by molar-refractivity contribution is 6.07. The van der Waals surface area contributed by atoms with Gasteiger partial charge in [-0.1, -0.05) is 35.9 Å². The number of aryl methyl sites for hydroxylation is 1. The van der Waals surface area contributed by atoms with Gasteiger partial charge in [-0.25, -0.2) is 0 Å². The van der Waals surface area contributed by atoms with Gasteiger partial charge in [0.2, 0.25) is 0 Å². The van der Waals surface area contributed by atoms with E-state index < -0.39 is 0 Å². The maximum atomic E-state index is 11.6. The van der Waals surface area contributed by atoms with E-state index in [4.69, 9.17) is 0 Å². The second-order valence-corrected chi connectivity index (χ2v) is 3.61. The molecule has 76 valence electrons. The van der Waals surface area contributed by atoms with E-state index in [2.05, 4.69) is 11.4 Å². The Morgan fingerprint density at radius 1 is 1.20 bits per heavy atom. The third kappa shape index (κ3) is 1.71. The summed E-state index contributed by atoms with van der Waals surface area (Å²) in [6.07, 6.45) is 0. The largest absolute Gasteiger partial charge is 0.355 e. The monoisotopic (exact) mass is 199 g/mol. The fourth-order valence-electron chi connectivity index (χ4n) is 1.72. The molecule has 0 saturated carbocycles. The fraction of sp³-hybridized carbons (Fsp3) is 0.154. The molecule has 0 aliphatic carbocycles. The number of hydrogen-bond acceptors (Lipinski definition) is 1. The zero-order chi connectivity index (χ0) is 10.8. The van der Waals surface area contributed by atoms with Gasteiger partial charge in [0, 0.05) is 12.6 Å². The zero-order valence-electron chi connectivity index (χ0n) is 8.87. The quantitative estimate of drug-likeness (QED) is 0.751. The lowest BCUT2D eigenvalue weighted by atomic mass is 10.0. The molecule has 0 aromatic heterocycles. The Kier molecular flexibility index (Phi) is 2.42. The van der Waals surface area contributed by atoms with E-state index >= 15 is 0 Å². The van der Waals surface area contributed by atoms with Gasteiger partial charge in [0.15, 0.2) is 0 Å². The van der Waals surface area contributed by atoms with Gasteiger partial charge in [-0.3, -0.25) is 4.79 Å². The highest BCUT2D eigenvalue weighted by Gasteiger charge is 2.07. The van der Waals surface area contributed by atoms with Crippen LogP contribution >= 0.6 is 0 Å². The molecule has 0 aliphatic rings. The standard InChI is InChI=1S/C13H13NO/c1-9-6-7-10-4-3-5-11(12(10)8-9)13(15)14-2/h3-8H,1-2H3,(H,14,15). The Hall–Kier alpha value is -1.83. The smallest absolute Gasteiger partial charge is 0.251 e. The molecule has 1 amide bonds. The van der Waals surface area contributed by atoms with Crippen LogP contribution in [0.15, 0.2) is 36.4 Å². The number of carbonyl (C=O) groups excluding carboxylic acids is 1. The average molecular weight is 199 g/mol. The molecular formula is C13H13NO. The molecule has 0 bridgehead atoms. The highest BCUT2D eigenvalue weighted by atomic mass is 16.1. The summed E-state index contributed by atoms with van der Waals surface area (Å²) in [4.78, 5) is 11.6. The van der Waals surface area contributed by atoms with E-state index in [1.165, 1.54) is 5.56 Å². The molecule has 0 radical (unpaired) electrons. The summed E-state index contributed by atoms with van der Waals surface area (Å²) in [5.74, 6) is -0.0359. The van der Waals surface area contributed by atoms with Gasteiger partial charge in [0.1, 0.15) is 0 Å². The van der Waals surface area contributed by atoms with Gasteiger partial charge >= 0.3 is 0 Å². The minimum Gasteiger partial charge on any atom is -0.355 e.